The van der Waals surface area contributed by atoms with Crippen molar-refractivity contribution in [2.24, 2.45) is 0 Å². The minimum atomic E-state index is -2.89. The molecule has 0 amide bonds. The largest absolute Gasteiger partial charge is 0.435 e. The molecule has 5 nitrogen and oxygen atoms in total. The van der Waals surface area contributed by atoms with E-state index in [1.807, 2.05) is 0 Å². The number of halogens is 2. The summed E-state index contributed by atoms with van der Waals surface area (Å²) in [6, 6.07) is 5.90. The van der Waals surface area contributed by atoms with Crippen molar-refractivity contribution < 1.29 is 18.3 Å². The minimum Gasteiger partial charge on any atom is -0.435 e. The van der Waals surface area contributed by atoms with Crippen LogP contribution in [0.4, 0.5) is 19.7 Å². The van der Waals surface area contributed by atoms with E-state index in [1.165, 1.54) is 35.6 Å². The SMILES string of the molecule is Nc1nc(NC2CC2)sc1C(=O)c1ccc(OC(F)F)cc1. The van der Waals surface area contributed by atoms with Gasteiger partial charge in [0.15, 0.2) is 5.13 Å². The Hall–Kier alpha value is -2.22. The minimum absolute atomic E-state index is 0.0000781. The van der Waals surface area contributed by atoms with Crippen LogP contribution in [-0.2, 0) is 0 Å². The quantitative estimate of drug-likeness (QED) is 0.798. The fraction of sp³-hybridized carbons (Fsp3) is 0.286. The Labute approximate surface area is 129 Å². The lowest BCUT2D eigenvalue weighted by Crippen LogP contribution is -2.04. The van der Waals surface area contributed by atoms with Crippen LogP contribution in [0.1, 0.15) is 28.1 Å². The zero-order valence-corrected chi connectivity index (χ0v) is 12.2. The molecule has 0 atom stereocenters. The van der Waals surface area contributed by atoms with E-state index in [2.05, 4.69) is 15.0 Å². The Kier molecular flexibility index (Phi) is 3.93. The van der Waals surface area contributed by atoms with Gasteiger partial charge >= 0.3 is 6.61 Å². The van der Waals surface area contributed by atoms with E-state index in [9.17, 15) is 13.6 Å². The van der Waals surface area contributed by atoms with Gasteiger partial charge in [0.2, 0.25) is 5.78 Å². The number of hydrogen-bond acceptors (Lipinski definition) is 6. The lowest BCUT2D eigenvalue weighted by molar-refractivity contribution is -0.0498. The Morgan fingerprint density at radius 2 is 2.05 bits per heavy atom. The summed E-state index contributed by atoms with van der Waals surface area (Å²) in [5.74, 6) is -0.117. The highest BCUT2D eigenvalue weighted by Gasteiger charge is 2.24. The van der Waals surface area contributed by atoms with Gasteiger partial charge in [-0.1, -0.05) is 11.3 Å². The molecule has 22 heavy (non-hydrogen) atoms. The maximum absolute atomic E-state index is 12.4. The molecule has 1 aliphatic rings. The number of nitrogen functional groups attached to an aromatic ring is 1. The van der Waals surface area contributed by atoms with Gasteiger partial charge in [0, 0.05) is 11.6 Å². The topological polar surface area (TPSA) is 77.2 Å². The van der Waals surface area contributed by atoms with E-state index >= 15 is 0 Å². The predicted octanol–water partition coefficient (Wildman–Crippen LogP) is 3.13. The maximum Gasteiger partial charge on any atom is 0.387 e. The number of carbonyl (C=O) groups is 1. The zero-order valence-electron chi connectivity index (χ0n) is 11.4. The first-order valence-corrected chi connectivity index (χ1v) is 7.47. The Morgan fingerprint density at radius 1 is 1.36 bits per heavy atom. The van der Waals surface area contributed by atoms with Crippen molar-refractivity contribution in [2.45, 2.75) is 25.5 Å². The fourth-order valence-corrected chi connectivity index (χ4v) is 2.80. The molecule has 0 saturated heterocycles. The van der Waals surface area contributed by atoms with Gasteiger partial charge in [-0.15, -0.1) is 0 Å². The second-order valence-corrected chi connectivity index (χ2v) is 5.88. The number of ether oxygens (including phenoxy) is 1. The van der Waals surface area contributed by atoms with E-state index in [4.69, 9.17) is 5.73 Å². The summed E-state index contributed by atoms with van der Waals surface area (Å²) in [4.78, 5) is 16.9. The number of carbonyl (C=O) groups excluding carboxylic acids is 1. The number of rotatable bonds is 6. The van der Waals surface area contributed by atoms with Crippen LogP contribution in [0, 0.1) is 0 Å². The Balaban J connectivity index is 1.76. The number of nitrogens with one attached hydrogen (secondary N) is 1. The molecule has 3 rings (SSSR count). The first-order chi connectivity index (χ1) is 10.5. The number of nitrogens with two attached hydrogens (primary N) is 1. The molecule has 8 heteroatoms. The summed E-state index contributed by atoms with van der Waals surface area (Å²) in [6.07, 6.45) is 2.18. The molecule has 0 aliphatic heterocycles. The third-order valence-corrected chi connectivity index (χ3v) is 4.11. The molecular weight excluding hydrogens is 312 g/mol. The van der Waals surface area contributed by atoms with Gasteiger partial charge in [-0.05, 0) is 37.1 Å². The van der Waals surface area contributed by atoms with E-state index in [-0.39, 0.29) is 17.4 Å². The van der Waals surface area contributed by atoms with Gasteiger partial charge in [0.05, 0.1) is 0 Å². The summed E-state index contributed by atoms with van der Waals surface area (Å²) < 4.78 is 28.4. The summed E-state index contributed by atoms with van der Waals surface area (Å²) in [5.41, 5.74) is 6.13. The smallest absolute Gasteiger partial charge is 0.387 e. The normalized spacial score (nSPS) is 14.1. The molecule has 0 radical (unpaired) electrons. The number of nitrogens with zero attached hydrogens (tertiary/aromatic N) is 1. The second kappa shape index (κ2) is 5.88. The summed E-state index contributed by atoms with van der Waals surface area (Å²) in [5, 5.41) is 3.81. The Morgan fingerprint density at radius 3 is 2.64 bits per heavy atom. The van der Waals surface area contributed by atoms with Gasteiger partial charge in [-0.25, -0.2) is 4.98 Å². The van der Waals surface area contributed by atoms with Crippen LogP contribution in [0.15, 0.2) is 24.3 Å². The summed E-state index contributed by atoms with van der Waals surface area (Å²) in [7, 11) is 0. The molecule has 1 aromatic carbocycles. The van der Waals surface area contributed by atoms with E-state index in [1.54, 1.807) is 0 Å². The number of ketones is 1. The van der Waals surface area contributed by atoms with E-state index in [0.717, 1.165) is 12.8 Å². The highest BCUT2D eigenvalue weighted by Crippen LogP contribution is 2.32. The van der Waals surface area contributed by atoms with Gasteiger partial charge in [-0.2, -0.15) is 8.78 Å². The first-order valence-electron chi connectivity index (χ1n) is 6.65. The molecule has 0 spiro atoms. The monoisotopic (exact) mass is 325 g/mol. The van der Waals surface area contributed by atoms with Gasteiger partial charge < -0.3 is 15.8 Å². The molecular formula is C14H13F2N3O2S. The number of anilines is 2. The van der Waals surface area contributed by atoms with Crippen molar-refractivity contribution >= 4 is 28.1 Å². The number of thiazole rings is 1. The van der Waals surface area contributed by atoms with Crippen molar-refractivity contribution in [1.29, 1.82) is 0 Å². The van der Waals surface area contributed by atoms with Crippen molar-refractivity contribution in [3.63, 3.8) is 0 Å². The fourth-order valence-electron chi connectivity index (χ4n) is 1.88. The van der Waals surface area contributed by atoms with Crippen LogP contribution < -0.4 is 15.8 Å². The number of alkyl halides is 2. The van der Waals surface area contributed by atoms with Crippen LogP contribution in [0.2, 0.25) is 0 Å². The molecule has 3 N–H and O–H groups in total. The van der Waals surface area contributed by atoms with Crippen LogP contribution in [0.3, 0.4) is 0 Å². The van der Waals surface area contributed by atoms with Crippen molar-refractivity contribution in [3.05, 3.63) is 34.7 Å². The maximum atomic E-state index is 12.4. The van der Waals surface area contributed by atoms with Crippen LogP contribution >= 0.6 is 11.3 Å². The highest BCUT2D eigenvalue weighted by atomic mass is 32.1. The van der Waals surface area contributed by atoms with Gasteiger partial charge in [-0.3, -0.25) is 4.79 Å². The molecule has 1 aliphatic carbocycles. The van der Waals surface area contributed by atoms with Crippen molar-refractivity contribution in [1.82, 2.24) is 4.98 Å². The van der Waals surface area contributed by atoms with Gasteiger partial charge in [0.1, 0.15) is 16.4 Å². The van der Waals surface area contributed by atoms with E-state index < -0.39 is 6.61 Å². The molecule has 116 valence electrons. The lowest BCUT2D eigenvalue weighted by atomic mass is 10.1. The molecule has 0 unspecified atom stereocenters. The third kappa shape index (κ3) is 3.33. The van der Waals surface area contributed by atoms with Crippen molar-refractivity contribution in [2.75, 3.05) is 11.1 Å². The van der Waals surface area contributed by atoms with Crippen LogP contribution in [0.5, 0.6) is 5.75 Å². The molecule has 1 aromatic heterocycles. The first kappa shape index (κ1) is 14.7. The summed E-state index contributed by atoms with van der Waals surface area (Å²) >= 11 is 1.20. The highest BCUT2D eigenvalue weighted by molar-refractivity contribution is 7.18. The third-order valence-electron chi connectivity index (χ3n) is 3.11. The zero-order chi connectivity index (χ0) is 15.7. The predicted molar refractivity (Wildman–Crippen MR) is 79.7 cm³/mol. The van der Waals surface area contributed by atoms with Crippen molar-refractivity contribution in [3.8, 4) is 5.75 Å². The molecule has 1 heterocycles. The Bertz CT molecular complexity index is 684. The average molecular weight is 325 g/mol. The summed E-state index contributed by atoms with van der Waals surface area (Å²) in [6.45, 7) is -2.89. The second-order valence-electron chi connectivity index (χ2n) is 4.88. The number of hydrogen-bond donors (Lipinski definition) is 2. The molecule has 0 bridgehead atoms. The van der Waals surface area contributed by atoms with Crippen LogP contribution in [-0.4, -0.2) is 23.4 Å². The standard InChI is InChI=1S/C14H13F2N3O2S/c15-13(16)21-9-5-1-7(2-6-9)10(20)11-12(17)19-14(22-11)18-8-3-4-8/h1-2,5-6,8,13H,3-4,17H2,(H,18,19). The average Bonchev–Trinajstić information content (AvgIpc) is 3.20. The van der Waals surface area contributed by atoms with Gasteiger partial charge in [0.25, 0.3) is 0 Å². The molecule has 2 aromatic rings. The molecule has 1 fully saturated rings. The number of aromatic nitrogens is 1. The lowest BCUT2D eigenvalue weighted by Gasteiger charge is -2.04. The molecule has 1 saturated carbocycles. The van der Waals surface area contributed by atoms with Crippen LogP contribution in [0.25, 0.3) is 0 Å². The van der Waals surface area contributed by atoms with E-state index in [0.29, 0.717) is 21.6 Å². The number of benzene rings is 1.